The molecule has 0 saturated carbocycles. The average Bonchev–Trinajstić information content (AvgIpc) is 2.43. The van der Waals surface area contributed by atoms with E-state index in [2.05, 4.69) is 5.32 Å². The molecule has 20 heavy (non-hydrogen) atoms. The summed E-state index contributed by atoms with van der Waals surface area (Å²) in [5.41, 5.74) is 1.03. The Morgan fingerprint density at radius 3 is 2.70 bits per heavy atom. The molecule has 1 heterocycles. The number of piperidine rings is 1. The van der Waals surface area contributed by atoms with Crippen LogP contribution in [0.5, 0.6) is 0 Å². The molecule has 2 rings (SSSR count). The third kappa shape index (κ3) is 3.55. The predicted octanol–water partition coefficient (Wildman–Crippen LogP) is 1.92. The number of nitrogens with zero attached hydrogens (tertiary/aromatic N) is 1. The zero-order chi connectivity index (χ0) is 14.7. The highest BCUT2D eigenvalue weighted by Crippen LogP contribution is 2.16. The standard InChI is InChI=1S/C15H21FN2O2/c1-10-3-4-12(9-14(10)16)17-15(20)11(2)18-7-5-13(19)6-8-18/h3-4,9,11,13,19H,5-8H2,1-2H3,(H,17,20)/t11-/m1/s1. The van der Waals surface area contributed by atoms with Crippen LogP contribution in [0.4, 0.5) is 10.1 Å². The van der Waals surface area contributed by atoms with Crippen molar-refractivity contribution in [2.45, 2.75) is 38.8 Å². The molecule has 1 fully saturated rings. The van der Waals surface area contributed by atoms with Crippen LogP contribution >= 0.6 is 0 Å². The van der Waals surface area contributed by atoms with E-state index in [1.165, 1.54) is 6.07 Å². The Bertz CT molecular complexity index is 485. The number of nitrogens with one attached hydrogen (secondary N) is 1. The highest BCUT2D eigenvalue weighted by atomic mass is 19.1. The summed E-state index contributed by atoms with van der Waals surface area (Å²) in [4.78, 5) is 14.2. The number of aryl methyl sites for hydroxylation is 1. The Morgan fingerprint density at radius 1 is 1.45 bits per heavy atom. The van der Waals surface area contributed by atoms with Gasteiger partial charge in [0.1, 0.15) is 5.82 Å². The van der Waals surface area contributed by atoms with Crippen LogP contribution < -0.4 is 5.32 Å². The molecule has 0 unspecified atom stereocenters. The van der Waals surface area contributed by atoms with E-state index in [1.54, 1.807) is 19.1 Å². The molecular formula is C15H21FN2O2. The molecule has 0 radical (unpaired) electrons. The molecular weight excluding hydrogens is 259 g/mol. The number of hydrogen-bond acceptors (Lipinski definition) is 3. The van der Waals surface area contributed by atoms with Crippen LogP contribution in [0.1, 0.15) is 25.3 Å². The smallest absolute Gasteiger partial charge is 0.241 e. The first-order valence-corrected chi connectivity index (χ1v) is 6.96. The second kappa shape index (κ2) is 6.33. The van der Waals surface area contributed by atoms with Crippen molar-refractivity contribution in [2.75, 3.05) is 18.4 Å². The van der Waals surface area contributed by atoms with Crippen molar-refractivity contribution < 1.29 is 14.3 Å². The minimum atomic E-state index is -0.323. The van der Waals surface area contributed by atoms with E-state index in [1.807, 2.05) is 11.8 Å². The highest BCUT2D eigenvalue weighted by Gasteiger charge is 2.25. The van der Waals surface area contributed by atoms with Crippen molar-refractivity contribution in [2.24, 2.45) is 0 Å². The minimum Gasteiger partial charge on any atom is -0.393 e. The van der Waals surface area contributed by atoms with Gasteiger partial charge in [-0.05, 0) is 44.4 Å². The lowest BCUT2D eigenvalue weighted by Crippen LogP contribution is -2.47. The molecule has 0 aromatic heterocycles. The summed E-state index contributed by atoms with van der Waals surface area (Å²) in [5.74, 6) is -0.471. The third-order valence-corrected chi connectivity index (χ3v) is 3.87. The van der Waals surface area contributed by atoms with Crippen LogP contribution in [0.2, 0.25) is 0 Å². The number of rotatable bonds is 3. The summed E-state index contributed by atoms with van der Waals surface area (Å²) in [6.45, 7) is 4.93. The number of likely N-dealkylation sites (tertiary alicyclic amines) is 1. The molecule has 0 bridgehead atoms. The van der Waals surface area contributed by atoms with Crippen LogP contribution in [0.25, 0.3) is 0 Å². The van der Waals surface area contributed by atoms with Crippen LogP contribution in [0, 0.1) is 12.7 Å². The molecule has 1 aromatic rings. The molecule has 1 saturated heterocycles. The molecule has 1 aromatic carbocycles. The SMILES string of the molecule is Cc1ccc(NC(=O)[C@@H](C)N2CCC(O)CC2)cc1F. The molecule has 1 aliphatic rings. The van der Waals surface area contributed by atoms with Gasteiger partial charge >= 0.3 is 0 Å². The van der Waals surface area contributed by atoms with Gasteiger partial charge < -0.3 is 10.4 Å². The highest BCUT2D eigenvalue weighted by molar-refractivity contribution is 5.94. The van der Waals surface area contributed by atoms with E-state index < -0.39 is 0 Å². The van der Waals surface area contributed by atoms with Crippen molar-refractivity contribution in [3.63, 3.8) is 0 Å². The van der Waals surface area contributed by atoms with Crippen LogP contribution in [0.3, 0.4) is 0 Å². The molecule has 110 valence electrons. The fraction of sp³-hybridized carbons (Fsp3) is 0.533. The Hall–Kier alpha value is -1.46. The van der Waals surface area contributed by atoms with Gasteiger partial charge in [-0.3, -0.25) is 9.69 Å². The Labute approximate surface area is 118 Å². The van der Waals surface area contributed by atoms with Crippen LogP contribution in [0.15, 0.2) is 18.2 Å². The predicted molar refractivity (Wildman–Crippen MR) is 76.0 cm³/mol. The molecule has 2 N–H and O–H groups in total. The lowest BCUT2D eigenvalue weighted by molar-refractivity contribution is -0.121. The van der Waals surface area contributed by atoms with Gasteiger partial charge in [-0.1, -0.05) is 6.07 Å². The number of halogens is 1. The second-order valence-electron chi connectivity index (χ2n) is 5.40. The number of hydrogen-bond donors (Lipinski definition) is 2. The topological polar surface area (TPSA) is 52.6 Å². The van der Waals surface area contributed by atoms with Crippen molar-refractivity contribution in [3.05, 3.63) is 29.6 Å². The summed E-state index contributed by atoms with van der Waals surface area (Å²) < 4.78 is 13.4. The Balaban J connectivity index is 1.95. The summed E-state index contributed by atoms with van der Waals surface area (Å²) in [5, 5.41) is 12.2. The van der Waals surface area contributed by atoms with Gasteiger partial charge in [0, 0.05) is 18.8 Å². The number of amides is 1. The summed E-state index contributed by atoms with van der Waals surface area (Å²) >= 11 is 0. The van der Waals surface area contributed by atoms with Gasteiger partial charge in [-0.2, -0.15) is 0 Å². The average molecular weight is 280 g/mol. The van der Waals surface area contributed by atoms with Gasteiger partial charge in [-0.25, -0.2) is 4.39 Å². The first-order valence-electron chi connectivity index (χ1n) is 6.96. The lowest BCUT2D eigenvalue weighted by atomic mass is 10.1. The van der Waals surface area contributed by atoms with Crippen molar-refractivity contribution in [1.29, 1.82) is 0 Å². The normalized spacial score (nSPS) is 18.8. The number of carbonyl (C=O) groups excluding carboxylic acids is 1. The number of aliphatic hydroxyl groups is 1. The number of carbonyl (C=O) groups is 1. The van der Waals surface area contributed by atoms with Crippen molar-refractivity contribution in [1.82, 2.24) is 4.90 Å². The van der Waals surface area contributed by atoms with Gasteiger partial charge in [0.15, 0.2) is 0 Å². The largest absolute Gasteiger partial charge is 0.393 e. The first-order chi connectivity index (χ1) is 9.47. The zero-order valence-electron chi connectivity index (χ0n) is 11.9. The Kier molecular flexibility index (Phi) is 4.73. The minimum absolute atomic E-state index is 0.148. The summed E-state index contributed by atoms with van der Waals surface area (Å²) in [6, 6.07) is 4.39. The molecule has 0 spiro atoms. The quantitative estimate of drug-likeness (QED) is 0.889. The molecule has 0 aliphatic carbocycles. The summed E-state index contributed by atoms with van der Waals surface area (Å²) in [7, 11) is 0. The van der Waals surface area contributed by atoms with E-state index >= 15 is 0 Å². The van der Waals surface area contributed by atoms with E-state index in [-0.39, 0.29) is 23.9 Å². The van der Waals surface area contributed by atoms with E-state index in [9.17, 15) is 14.3 Å². The monoisotopic (exact) mass is 280 g/mol. The molecule has 1 aliphatic heterocycles. The molecule has 4 nitrogen and oxygen atoms in total. The fourth-order valence-corrected chi connectivity index (χ4v) is 2.36. The van der Waals surface area contributed by atoms with Crippen LogP contribution in [-0.4, -0.2) is 41.1 Å². The number of aliphatic hydroxyl groups excluding tert-OH is 1. The zero-order valence-corrected chi connectivity index (χ0v) is 11.9. The van der Waals surface area contributed by atoms with E-state index in [4.69, 9.17) is 0 Å². The number of benzene rings is 1. The maximum Gasteiger partial charge on any atom is 0.241 e. The summed E-state index contributed by atoms with van der Waals surface area (Å²) in [6.07, 6.45) is 1.13. The van der Waals surface area contributed by atoms with E-state index in [0.29, 0.717) is 37.2 Å². The van der Waals surface area contributed by atoms with Crippen molar-refractivity contribution in [3.8, 4) is 0 Å². The Morgan fingerprint density at radius 2 is 2.10 bits per heavy atom. The van der Waals surface area contributed by atoms with Gasteiger partial charge in [0.2, 0.25) is 5.91 Å². The van der Waals surface area contributed by atoms with Crippen molar-refractivity contribution >= 4 is 11.6 Å². The number of anilines is 1. The molecule has 1 atom stereocenters. The van der Waals surface area contributed by atoms with Gasteiger partial charge in [-0.15, -0.1) is 0 Å². The van der Waals surface area contributed by atoms with Gasteiger partial charge in [0.05, 0.1) is 12.1 Å². The molecule has 1 amide bonds. The maximum absolute atomic E-state index is 13.4. The van der Waals surface area contributed by atoms with E-state index in [0.717, 1.165) is 0 Å². The lowest BCUT2D eigenvalue weighted by Gasteiger charge is -2.33. The first kappa shape index (κ1) is 14.9. The molecule has 5 heteroatoms. The van der Waals surface area contributed by atoms with Gasteiger partial charge in [0.25, 0.3) is 0 Å². The second-order valence-corrected chi connectivity index (χ2v) is 5.40. The fourth-order valence-electron chi connectivity index (χ4n) is 2.36. The third-order valence-electron chi connectivity index (χ3n) is 3.87. The maximum atomic E-state index is 13.4. The van der Waals surface area contributed by atoms with Crippen LogP contribution in [-0.2, 0) is 4.79 Å².